The number of benzene rings is 1. The molecule has 26 heavy (non-hydrogen) atoms. The number of β-lactam (4-membered cyclic amide) rings is 1. The number of nitro benzene ring substituents is 1. The second-order valence-electron chi connectivity index (χ2n) is 6.72. The summed E-state index contributed by atoms with van der Waals surface area (Å²) in [6, 6.07) is 4.61. The molecule has 138 valence electrons. The maximum Gasteiger partial charge on any atom is 0.327 e. The van der Waals surface area contributed by atoms with Crippen LogP contribution in [0.2, 0.25) is 0 Å². The van der Waals surface area contributed by atoms with E-state index in [0.717, 1.165) is 0 Å². The minimum atomic E-state index is -1.44. The number of rotatable bonds is 5. The van der Waals surface area contributed by atoms with E-state index >= 15 is 0 Å². The van der Waals surface area contributed by atoms with Gasteiger partial charge >= 0.3 is 5.97 Å². The number of carbonyl (C=O) groups is 2. The van der Waals surface area contributed by atoms with Gasteiger partial charge in [-0.3, -0.25) is 19.9 Å². The molecule has 2 aliphatic heterocycles. The van der Waals surface area contributed by atoms with Crippen molar-refractivity contribution >= 4 is 35.5 Å². The maximum atomic E-state index is 12.6. The molecule has 2 N–H and O–H groups in total. The number of fused-ring (bicyclic) bond motifs is 1. The molecule has 2 saturated heterocycles. The van der Waals surface area contributed by atoms with Gasteiger partial charge in [-0.2, -0.15) is 0 Å². The summed E-state index contributed by atoms with van der Waals surface area (Å²) in [5, 5.41) is 29.4. The normalized spacial score (nSPS) is 29.5. The van der Waals surface area contributed by atoms with E-state index in [1.165, 1.54) is 47.1 Å². The Kier molecular flexibility index (Phi) is 4.27. The van der Waals surface area contributed by atoms with Gasteiger partial charge in [-0.25, -0.2) is 4.79 Å². The van der Waals surface area contributed by atoms with Crippen molar-refractivity contribution in [1.29, 1.82) is 0 Å². The summed E-state index contributed by atoms with van der Waals surface area (Å²) < 4.78 is -0.716. The minimum absolute atomic E-state index is 0.0673. The van der Waals surface area contributed by atoms with E-state index in [4.69, 9.17) is 0 Å². The first-order valence-electron chi connectivity index (χ1n) is 7.78. The van der Waals surface area contributed by atoms with Gasteiger partial charge in [0.1, 0.15) is 11.4 Å². The number of aliphatic hydroxyl groups excluding tert-OH is 1. The zero-order valence-corrected chi connectivity index (χ0v) is 14.8. The second kappa shape index (κ2) is 6.06. The third kappa shape index (κ3) is 2.56. The smallest absolute Gasteiger partial charge is 0.327 e. The van der Waals surface area contributed by atoms with E-state index in [0.29, 0.717) is 5.56 Å². The number of carboxylic acid groups (broad SMARTS) is 1. The topological polar surface area (TPSA) is 133 Å². The van der Waals surface area contributed by atoms with Crippen molar-refractivity contribution < 1.29 is 24.7 Å². The number of non-ortho nitro benzene ring substituents is 1. The minimum Gasteiger partial charge on any atom is -0.480 e. The largest absolute Gasteiger partial charge is 0.480 e. The van der Waals surface area contributed by atoms with Gasteiger partial charge < -0.3 is 15.1 Å². The number of amides is 1. The average Bonchev–Trinajstić information content (AvgIpc) is 2.85. The number of carboxylic acids is 1. The van der Waals surface area contributed by atoms with Crippen molar-refractivity contribution in [3.63, 3.8) is 0 Å². The summed E-state index contributed by atoms with van der Waals surface area (Å²) in [5.41, 5.74) is -0.970. The molecule has 0 bridgehead atoms. The Morgan fingerprint density at radius 2 is 2.04 bits per heavy atom. The summed E-state index contributed by atoms with van der Waals surface area (Å²) in [4.78, 5) is 39.9. The van der Waals surface area contributed by atoms with Crippen LogP contribution < -0.4 is 0 Å². The van der Waals surface area contributed by atoms with E-state index < -0.39 is 45.1 Å². The Morgan fingerprint density at radius 3 is 2.54 bits per heavy atom. The molecule has 0 radical (unpaired) electrons. The molecular weight excluding hydrogens is 362 g/mol. The first-order chi connectivity index (χ1) is 12.1. The standard InChI is InChI=1S/C16H17N3O6S/c1-15(2)11(12(21)22)18-13(23)16(8-20,14(18)26-15)17-7-9-3-5-10(6-4-9)19(24)25/h3-7,11,14,20H,8H2,1-2H3,(H,21,22)/t11-,14+,16?/m0/s1. The number of aliphatic hydroxyl groups is 1. The Hall–Kier alpha value is -2.46. The molecular formula is C16H17N3O6S. The lowest BCUT2D eigenvalue weighted by Gasteiger charge is -2.49. The van der Waals surface area contributed by atoms with Crippen LogP contribution >= 0.6 is 11.8 Å². The summed E-state index contributed by atoms with van der Waals surface area (Å²) in [7, 11) is 0. The van der Waals surface area contributed by atoms with Crippen LogP contribution in [0.3, 0.4) is 0 Å². The van der Waals surface area contributed by atoms with E-state index in [-0.39, 0.29) is 5.69 Å². The molecule has 3 rings (SSSR count). The number of hydrogen-bond donors (Lipinski definition) is 2. The number of hydrogen-bond acceptors (Lipinski definition) is 7. The van der Waals surface area contributed by atoms with Crippen LogP contribution in [0.25, 0.3) is 0 Å². The van der Waals surface area contributed by atoms with Crippen molar-refractivity contribution in [2.75, 3.05) is 6.61 Å². The molecule has 2 fully saturated rings. The highest BCUT2D eigenvalue weighted by molar-refractivity contribution is 8.01. The highest BCUT2D eigenvalue weighted by atomic mass is 32.2. The van der Waals surface area contributed by atoms with Crippen LogP contribution in [-0.4, -0.2) is 66.4 Å². The average molecular weight is 379 g/mol. The van der Waals surface area contributed by atoms with Gasteiger partial charge in [0.25, 0.3) is 11.6 Å². The van der Waals surface area contributed by atoms with Gasteiger partial charge in [-0.15, -0.1) is 11.8 Å². The molecule has 1 aromatic carbocycles. The van der Waals surface area contributed by atoms with E-state index in [1.807, 2.05) is 0 Å². The summed E-state index contributed by atoms with van der Waals surface area (Å²) in [5.74, 6) is -1.63. The van der Waals surface area contributed by atoms with Crippen LogP contribution in [0.1, 0.15) is 19.4 Å². The summed E-state index contributed by atoms with van der Waals surface area (Å²) >= 11 is 1.29. The fraction of sp³-hybridized carbons (Fsp3) is 0.438. The number of aliphatic imine (C=N–C) groups is 1. The first-order valence-corrected chi connectivity index (χ1v) is 8.66. The van der Waals surface area contributed by atoms with E-state index in [2.05, 4.69) is 4.99 Å². The van der Waals surface area contributed by atoms with Crippen LogP contribution in [-0.2, 0) is 9.59 Å². The molecule has 10 heteroatoms. The Labute approximate surface area is 152 Å². The van der Waals surface area contributed by atoms with Gasteiger partial charge in [0.05, 0.1) is 11.5 Å². The van der Waals surface area contributed by atoms with Crippen LogP contribution in [0.5, 0.6) is 0 Å². The molecule has 1 aromatic rings. The van der Waals surface area contributed by atoms with Crippen LogP contribution in [0.15, 0.2) is 29.3 Å². The summed E-state index contributed by atoms with van der Waals surface area (Å²) in [6.07, 6.45) is 1.37. The summed E-state index contributed by atoms with van der Waals surface area (Å²) in [6.45, 7) is 2.93. The molecule has 2 aliphatic rings. The second-order valence-corrected chi connectivity index (χ2v) is 8.45. The highest BCUT2D eigenvalue weighted by Gasteiger charge is 2.71. The fourth-order valence-electron chi connectivity index (χ4n) is 3.29. The molecule has 0 aliphatic carbocycles. The molecule has 0 saturated carbocycles. The SMILES string of the molecule is CC1(C)S[C@H]2N(C(=O)C2(CO)N=Cc2ccc([N+](=O)[O-])cc2)[C@H]1C(=O)O. The van der Waals surface area contributed by atoms with Crippen LogP contribution in [0.4, 0.5) is 5.69 Å². The molecule has 9 nitrogen and oxygen atoms in total. The van der Waals surface area contributed by atoms with Crippen molar-refractivity contribution in [3.05, 3.63) is 39.9 Å². The lowest BCUT2D eigenvalue weighted by atomic mass is 9.85. The zero-order valence-electron chi connectivity index (χ0n) is 14.0. The van der Waals surface area contributed by atoms with Gasteiger partial charge in [0, 0.05) is 23.1 Å². The van der Waals surface area contributed by atoms with Gasteiger partial charge in [-0.1, -0.05) is 0 Å². The van der Waals surface area contributed by atoms with Crippen molar-refractivity contribution in [2.24, 2.45) is 4.99 Å². The number of thioether (sulfide) groups is 1. The third-order valence-corrected chi connectivity index (χ3v) is 6.31. The number of nitro groups is 1. The molecule has 1 unspecified atom stereocenters. The Balaban J connectivity index is 1.88. The van der Waals surface area contributed by atoms with Gasteiger partial charge in [0.15, 0.2) is 5.54 Å². The predicted octanol–water partition coefficient (Wildman–Crippen LogP) is 0.892. The molecule has 1 amide bonds. The fourth-order valence-corrected chi connectivity index (χ4v) is 4.97. The first kappa shape index (κ1) is 18.3. The van der Waals surface area contributed by atoms with E-state index in [1.54, 1.807) is 13.8 Å². The van der Waals surface area contributed by atoms with Gasteiger partial charge in [-0.05, 0) is 31.5 Å². The predicted molar refractivity (Wildman–Crippen MR) is 94.2 cm³/mol. The van der Waals surface area contributed by atoms with Gasteiger partial charge in [0.2, 0.25) is 0 Å². The maximum absolute atomic E-state index is 12.6. The lowest BCUT2D eigenvalue weighted by Crippen LogP contribution is -2.74. The Bertz CT molecular complexity index is 809. The van der Waals surface area contributed by atoms with Crippen molar-refractivity contribution in [3.8, 4) is 0 Å². The lowest BCUT2D eigenvalue weighted by molar-refractivity contribution is -0.384. The highest BCUT2D eigenvalue weighted by Crippen LogP contribution is 2.56. The van der Waals surface area contributed by atoms with Crippen LogP contribution in [0, 0.1) is 10.1 Å². The van der Waals surface area contributed by atoms with Crippen molar-refractivity contribution in [2.45, 2.75) is 35.5 Å². The number of nitrogens with zero attached hydrogens (tertiary/aromatic N) is 3. The molecule has 3 atom stereocenters. The zero-order chi connectivity index (χ0) is 19.3. The Morgan fingerprint density at radius 1 is 1.42 bits per heavy atom. The molecule has 0 aromatic heterocycles. The molecule has 0 spiro atoms. The van der Waals surface area contributed by atoms with Crippen molar-refractivity contribution in [1.82, 2.24) is 4.90 Å². The quantitative estimate of drug-likeness (QED) is 0.336. The van der Waals surface area contributed by atoms with E-state index in [9.17, 15) is 29.9 Å². The monoisotopic (exact) mass is 379 g/mol. The number of carbonyl (C=O) groups excluding carboxylic acids is 1. The molecule has 2 heterocycles. The third-order valence-electron chi connectivity index (χ3n) is 4.64. The number of aliphatic carboxylic acids is 1.